The zero-order chi connectivity index (χ0) is 8.43. The molecule has 1 rings (SSSR count). The molecule has 3 N–H and O–H groups in total. The Morgan fingerprint density at radius 3 is 2.45 bits per heavy atom. The largest absolute Gasteiger partial charge is 0.388 e. The number of hydrogen-bond donors (Lipinski definition) is 3. The quantitative estimate of drug-likeness (QED) is 0.420. The average Bonchev–Trinajstić information content (AvgIpc) is 2.01. The Hall–Kier alpha value is -0.200. The Labute approximate surface area is 64.2 Å². The van der Waals surface area contributed by atoms with Crippen molar-refractivity contribution in [2.24, 2.45) is 0 Å². The van der Waals surface area contributed by atoms with Crippen LogP contribution in [0.4, 0.5) is 0 Å². The van der Waals surface area contributed by atoms with E-state index in [1.54, 1.807) is 0 Å². The molecule has 0 aromatic carbocycles. The van der Waals surface area contributed by atoms with Gasteiger partial charge in [0.2, 0.25) is 0 Å². The van der Waals surface area contributed by atoms with Crippen molar-refractivity contribution in [3.05, 3.63) is 0 Å². The monoisotopic (exact) mass is 164 g/mol. The van der Waals surface area contributed by atoms with Gasteiger partial charge in [-0.1, -0.05) is 0 Å². The van der Waals surface area contributed by atoms with E-state index in [-0.39, 0.29) is 6.61 Å². The lowest BCUT2D eigenvalue weighted by atomic mass is 10.1. The van der Waals surface area contributed by atoms with Gasteiger partial charge in [0.05, 0.1) is 6.61 Å². The highest BCUT2D eigenvalue weighted by Crippen LogP contribution is 2.15. The first-order valence-corrected chi connectivity index (χ1v) is 3.35. The Balaban J connectivity index is 2.52. The van der Waals surface area contributed by atoms with Gasteiger partial charge in [0.15, 0.2) is 6.29 Å². The molecular formula is C6H12O5. The van der Waals surface area contributed by atoms with E-state index in [0.717, 1.165) is 0 Å². The lowest BCUT2D eigenvalue weighted by molar-refractivity contribution is -0.261. The Morgan fingerprint density at radius 2 is 1.91 bits per heavy atom. The minimum atomic E-state index is -1.19. The van der Waals surface area contributed by atoms with Crippen molar-refractivity contribution >= 4 is 0 Å². The van der Waals surface area contributed by atoms with Gasteiger partial charge in [0, 0.05) is 7.11 Å². The van der Waals surface area contributed by atoms with Crippen LogP contribution in [0.1, 0.15) is 0 Å². The number of methoxy groups -OCH3 is 1. The summed E-state index contributed by atoms with van der Waals surface area (Å²) >= 11 is 0. The molecule has 0 amide bonds. The van der Waals surface area contributed by atoms with Gasteiger partial charge < -0.3 is 24.8 Å². The van der Waals surface area contributed by atoms with Crippen molar-refractivity contribution in [1.29, 1.82) is 0 Å². The van der Waals surface area contributed by atoms with Crippen LogP contribution in [0.25, 0.3) is 0 Å². The molecule has 1 aliphatic heterocycles. The van der Waals surface area contributed by atoms with Crippen LogP contribution in [0, 0.1) is 0 Å². The van der Waals surface area contributed by atoms with Crippen LogP contribution in [-0.4, -0.2) is 53.6 Å². The maximum Gasteiger partial charge on any atom is 0.185 e. The third-order valence-electron chi connectivity index (χ3n) is 1.69. The van der Waals surface area contributed by atoms with Crippen LogP contribution < -0.4 is 0 Å². The Morgan fingerprint density at radius 1 is 1.27 bits per heavy atom. The molecule has 11 heavy (non-hydrogen) atoms. The van der Waals surface area contributed by atoms with Gasteiger partial charge in [-0.15, -0.1) is 0 Å². The average molecular weight is 164 g/mol. The highest BCUT2D eigenvalue weighted by atomic mass is 16.7. The lowest BCUT2D eigenvalue weighted by Crippen LogP contribution is -2.53. The van der Waals surface area contributed by atoms with Crippen LogP contribution >= 0.6 is 0 Å². The predicted molar refractivity (Wildman–Crippen MR) is 34.8 cm³/mol. The number of ether oxygens (including phenoxy) is 2. The highest BCUT2D eigenvalue weighted by Gasteiger charge is 2.37. The third kappa shape index (κ3) is 1.69. The van der Waals surface area contributed by atoms with Gasteiger partial charge in [-0.3, -0.25) is 0 Å². The summed E-state index contributed by atoms with van der Waals surface area (Å²) < 4.78 is 9.52. The fourth-order valence-corrected chi connectivity index (χ4v) is 0.987. The summed E-state index contributed by atoms with van der Waals surface area (Å²) in [5, 5.41) is 27.2. The molecule has 0 spiro atoms. The molecule has 0 aromatic heterocycles. The summed E-state index contributed by atoms with van der Waals surface area (Å²) in [4.78, 5) is 0. The van der Waals surface area contributed by atoms with E-state index in [0.29, 0.717) is 0 Å². The fourth-order valence-electron chi connectivity index (χ4n) is 0.987. The first-order valence-electron chi connectivity index (χ1n) is 3.35. The summed E-state index contributed by atoms with van der Waals surface area (Å²) in [6.07, 6.45) is -4.23. The summed E-state index contributed by atoms with van der Waals surface area (Å²) in [6, 6.07) is 0. The van der Waals surface area contributed by atoms with Crippen molar-refractivity contribution < 1.29 is 24.8 Å². The molecule has 1 heterocycles. The lowest BCUT2D eigenvalue weighted by Gasteiger charge is -2.33. The van der Waals surface area contributed by atoms with Crippen molar-refractivity contribution in [3.63, 3.8) is 0 Å². The van der Waals surface area contributed by atoms with E-state index >= 15 is 0 Å². The van der Waals surface area contributed by atoms with Crippen molar-refractivity contribution in [3.8, 4) is 0 Å². The van der Waals surface area contributed by atoms with E-state index in [2.05, 4.69) is 4.74 Å². The van der Waals surface area contributed by atoms with Crippen molar-refractivity contribution in [2.45, 2.75) is 24.6 Å². The topological polar surface area (TPSA) is 79.2 Å². The molecule has 0 aromatic rings. The van der Waals surface area contributed by atoms with Crippen LogP contribution in [0.15, 0.2) is 0 Å². The molecule has 1 saturated heterocycles. The summed E-state index contributed by atoms with van der Waals surface area (Å²) in [5.74, 6) is 0. The molecule has 5 nitrogen and oxygen atoms in total. The van der Waals surface area contributed by atoms with E-state index in [4.69, 9.17) is 20.1 Å². The summed E-state index contributed by atoms with van der Waals surface area (Å²) in [5.41, 5.74) is 0. The molecule has 5 heteroatoms. The van der Waals surface area contributed by atoms with E-state index in [1.807, 2.05) is 0 Å². The van der Waals surface area contributed by atoms with E-state index in [9.17, 15) is 0 Å². The first-order chi connectivity index (χ1) is 5.16. The summed E-state index contributed by atoms with van der Waals surface area (Å²) in [7, 11) is 1.36. The molecular weight excluding hydrogens is 152 g/mol. The second-order valence-electron chi connectivity index (χ2n) is 2.49. The van der Waals surface area contributed by atoms with Crippen molar-refractivity contribution in [2.75, 3.05) is 13.7 Å². The van der Waals surface area contributed by atoms with Crippen molar-refractivity contribution in [1.82, 2.24) is 0 Å². The van der Waals surface area contributed by atoms with Crippen LogP contribution in [0.5, 0.6) is 0 Å². The van der Waals surface area contributed by atoms with E-state index in [1.165, 1.54) is 7.11 Å². The van der Waals surface area contributed by atoms with E-state index < -0.39 is 24.6 Å². The molecule has 0 unspecified atom stereocenters. The van der Waals surface area contributed by atoms with Gasteiger partial charge in [0.1, 0.15) is 18.3 Å². The molecule has 0 saturated carbocycles. The molecule has 66 valence electrons. The number of hydrogen-bond acceptors (Lipinski definition) is 5. The number of aliphatic hydroxyl groups excluding tert-OH is 3. The fraction of sp³-hybridized carbons (Fsp3) is 1.00. The first kappa shape index (κ1) is 8.89. The second kappa shape index (κ2) is 3.46. The molecule has 0 radical (unpaired) electrons. The van der Waals surface area contributed by atoms with Crippen LogP contribution in [0.2, 0.25) is 0 Å². The van der Waals surface area contributed by atoms with Gasteiger partial charge in [-0.05, 0) is 0 Å². The van der Waals surface area contributed by atoms with Gasteiger partial charge >= 0.3 is 0 Å². The zero-order valence-electron chi connectivity index (χ0n) is 6.17. The normalized spacial score (nSPS) is 45.8. The summed E-state index contributed by atoms with van der Waals surface area (Å²) in [6.45, 7) is -0.0171. The number of rotatable bonds is 1. The van der Waals surface area contributed by atoms with Gasteiger partial charge in [-0.25, -0.2) is 0 Å². The molecule has 1 fully saturated rings. The van der Waals surface area contributed by atoms with Gasteiger partial charge in [0.25, 0.3) is 0 Å². The smallest absolute Gasteiger partial charge is 0.185 e. The molecule has 1 aliphatic rings. The minimum Gasteiger partial charge on any atom is -0.388 e. The SMILES string of the molecule is CO[C@H]1OC[C@@H](O)[C@@H](O)[C@H]1O. The van der Waals surface area contributed by atoms with Crippen LogP contribution in [0.3, 0.4) is 0 Å². The Bertz CT molecular complexity index is 126. The zero-order valence-corrected chi connectivity index (χ0v) is 6.17. The molecule has 0 bridgehead atoms. The number of aliphatic hydroxyl groups is 3. The molecule has 4 atom stereocenters. The Kier molecular flexibility index (Phi) is 2.80. The van der Waals surface area contributed by atoms with Crippen LogP contribution in [-0.2, 0) is 9.47 Å². The predicted octanol–water partition coefficient (Wildman–Crippen LogP) is -1.93. The molecule has 0 aliphatic carbocycles. The van der Waals surface area contributed by atoms with Gasteiger partial charge in [-0.2, -0.15) is 0 Å². The maximum atomic E-state index is 9.15. The maximum absolute atomic E-state index is 9.15. The second-order valence-corrected chi connectivity index (χ2v) is 2.49. The standard InChI is InChI=1S/C6H12O5/c1-10-6-5(9)4(8)3(7)2-11-6/h3-9H,2H2,1H3/t3-,4-,5-,6+/m1/s1. The minimum absolute atomic E-state index is 0.0171. The highest BCUT2D eigenvalue weighted by molar-refractivity contribution is 4.81. The third-order valence-corrected chi connectivity index (χ3v) is 1.69.